The van der Waals surface area contributed by atoms with Crippen LogP contribution in [0.2, 0.25) is 5.02 Å². The zero-order chi connectivity index (χ0) is 19.9. The lowest BCUT2D eigenvalue weighted by molar-refractivity contribution is -0.137. The number of carbonyl (C=O) groups excluding carboxylic acids is 1. The van der Waals surface area contributed by atoms with E-state index in [4.69, 9.17) is 16.7 Å². The summed E-state index contributed by atoms with van der Waals surface area (Å²) in [6, 6.07) is 16.7. The first kappa shape index (κ1) is 19.9. The van der Waals surface area contributed by atoms with Gasteiger partial charge < -0.3 is 15.3 Å². The number of carboxylic acids is 1. The van der Waals surface area contributed by atoms with E-state index in [1.165, 1.54) is 16.2 Å². The number of carboxylic acid groups (broad SMARTS) is 1. The fraction of sp³-hybridized carbons (Fsp3) is 0.150. The Morgan fingerprint density at radius 2 is 1.82 bits per heavy atom. The predicted molar refractivity (Wildman–Crippen MR) is 110 cm³/mol. The number of aromatic nitrogens is 1. The van der Waals surface area contributed by atoms with Gasteiger partial charge in [0.1, 0.15) is 5.69 Å². The highest BCUT2D eigenvalue weighted by molar-refractivity contribution is 7.14. The summed E-state index contributed by atoms with van der Waals surface area (Å²) >= 11 is 7.42. The van der Waals surface area contributed by atoms with Gasteiger partial charge in [-0.05, 0) is 17.7 Å². The maximum atomic E-state index is 12.9. The van der Waals surface area contributed by atoms with Crippen molar-refractivity contribution in [2.45, 2.75) is 13.0 Å². The molecule has 1 amide bonds. The lowest BCUT2D eigenvalue weighted by Crippen LogP contribution is -2.32. The average Bonchev–Trinajstić information content (AvgIpc) is 3.15. The zero-order valence-corrected chi connectivity index (χ0v) is 16.4. The quantitative estimate of drug-likeness (QED) is 0.559. The second-order valence-electron chi connectivity index (χ2n) is 6.00. The molecule has 0 fully saturated rings. The smallest absolute Gasteiger partial charge is 0.305 e. The molecule has 28 heavy (non-hydrogen) atoms. The number of nitrogens with zero attached hydrogens (tertiary/aromatic N) is 2. The second kappa shape index (κ2) is 9.34. The standard InChI is InChI=1S/C20H18ClN3O3S/c21-15-8-4-5-9-16(15)22-20-23-17(13-28-20)19(27)24(11-10-18(25)26)12-14-6-2-1-3-7-14/h1-9,13H,10-12H2,(H,22,23)(H,25,26). The first-order chi connectivity index (χ1) is 13.5. The number of rotatable bonds is 8. The molecule has 2 N–H and O–H groups in total. The van der Waals surface area contributed by atoms with Gasteiger partial charge in [0.05, 0.1) is 17.1 Å². The molecule has 1 aromatic heterocycles. The molecule has 0 saturated heterocycles. The van der Waals surface area contributed by atoms with E-state index in [2.05, 4.69) is 10.3 Å². The number of para-hydroxylation sites is 1. The molecule has 0 radical (unpaired) electrons. The maximum absolute atomic E-state index is 12.9. The van der Waals surface area contributed by atoms with Gasteiger partial charge in [-0.25, -0.2) is 4.98 Å². The van der Waals surface area contributed by atoms with Crippen LogP contribution in [0.15, 0.2) is 60.0 Å². The molecule has 0 bridgehead atoms. The Labute approximate surface area is 171 Å². The van der Waals surface area contributed by atoms with E-state index in [1.807, 2.05) is 48.5 Å². The Hall–Kier alpha value is -2.90. The van der Waals surface area contributed by atoms with E-state index in [-0.39, 0.29) is 24.6 Å². The Morgan fingerprint density at radius 1 is 1.11 bits per heavy atom. The number of aliphatic carboxylic acids is 1. The topological polar surface area (TPSA) is 82.5 Å². The number of carbonyl (C=O) groups is 2. The minimum absolute atomic E-state index is 0.105. The number of thiazole rings is 1. The van der Waals surface area contributed by atoms with E-state index in [1.54, 1.807) is 11.4 Å². The van der Waals surface area contributed by atoms with E-state index in [9.17, 15) is 9.59 Å². The molecule has 2 aromatic carbocycles. The van der Waals surface area contributed by atoms with Crippen molar-refractivity contribution in [3.05, 3.63) is 76.3 Å². The largest absolute Gasteiger partial charge is 0.481 e. The zero-order valence-electron chi connectivity index (χ0n) is 14.8. The summed E-state index contributed by atoms with van der Waals surface area (Å²) in [5.41, 5.74) is 1.89. The molecule has 1 heterocycles. The van der Waals surface area contributed by atoms with Crippen LogP contribution in [-0.2, 0) is 11.3 Å². The van der Waals surface area contributed by atoms with Gasteiger partial charge in [-0.2, -0.15) is 0 Å². The van der Waals surface area contributed by atoms with Crippen LogP contribution in [-0.4, -0.2) is 33.4 Å². The van der Waals surface area contributed by atoms with Crippen LogP contribution in [0.5, 0.6) is 0 Å². The highest BCUT2D eigenvalue weighted by Crippen LogP contribution is 2.27. The van der Waals surface area contributed by atoms with Gasteiger partial charge in [0.15, 0.2) is 5.13 Å². The summed E-state index contributed by atoms with van der Waals surface area (Å²) in [7, 11) is 0. The van der Waals surface area contributed by atoms with Crippen molar-refractivity contribution in [3.8, 4) is 0 Å². The third-order valence-corrected chi connectivity index (χ3v) is 5.03. The van der Waals surface area contributed by atoms with Crippen LogP contribution >= 0.6 is 22.9 Å². The molecule has 0 aliphatic rings. The van der Waals surface area contributed by atoms with Crippen LogP contribution in [0.25, 0.3) is 0 Å². The molecule has 0 aliphatic heterocycles. The number of anilines is 2. The number of hydrogen-bond donors (Lipinski definition) is 2. The minimum atomic E-state index is -0.954. The fourth-order valence-electron chi connectivity index (χ4n) is 2.56. The lowest BCUT2D eigenvalue weighted by atomic mass is 10.2. The Morgan fingerprint density at radius 3 is 2.54 bits per heavy atom. The van der Waals surface area contributed by atoms with Gasteiger partial charge >= 0.3 is 5.97 Å². The number of benzene rings is 2. The van der Waals surface area contributed by atoms with Gasteiger partial charge in [0.2, 0.25) is 0 Å². The third kappa shape index (κ3) is 5.31. The van der Waals surface area contributed by atoms with Crippen LogP contribution in [0.4, 0.5) is 10.8 Å². The molecule has 144 valence electrons. The summed E-state index contributed by atoms with van der Waals surface area (Å²) in [6.45, 7) is 0.422. The van der Waals surface area contributed by atoms with Gasteiger partial charge in [-0.1, -0.05) is 54.1 Å². The van der Waals surface area contributed by atoms with Crippen molar-refractivity contribution >= 4 is 45.6 Å². The SMILES string of the molecule is O=C(O)CCN(Cc1ccccc1)C(=O)c1csc(Nc2ccccc2Cl)n1. The molecule has 3 rings (SSSR count). The lowest BCUT2D eigenvalue weighted by Gasteiger charge is -2.21. The van der Waals surface area contributed by atoms with Crippen molar-refractivity contribution in [2.75, 3.05) is 11.9 Å². The Kier molecular flexibility index (Phi) is 6.62. The Balaban J connectivity index is 1.75. The van der Waals surface area contributed by atoms with E-state index in [0.29, 0.717) is 22.4 Å². The van der Waals surface area contributed by atoms with Gasteiger partial charge in [-0.3, -0.25) is 9.59 Å². The monoisotopic (exact) mass is 415 g/mol. The molecule has 0 spiro atoms. The molecule has 0 atom stereocenters. The van der Waals surface area contributed by atoms with Gasteiger partial charge in [0, 0.05) is 18.5 Å². The summed E-state index contributed by atoms with van der Waals surface area (Å²) in [5, 5.41) is 14.8. The predicted octanol–water partition coefficient (Wildman–Crippen LogP) is 4.66. The summed E-state index contributed by atoms with van der Waals surface area (Å²) in [5.74, 6) is -1.27. The molecule has 0 saturated carbocycles. The number of amides is 1. The highest BCUT2D eigenvalue weighted by atomic mass is 35.5. The normalized spacial score (nSPS) is 10.5. The van der Waals surface area contributed by atoms with Crippen molar-refractivity contribution < 1.29 is 14.7 Å². The molecule has 3 aromatic rings. The van der Waals surface area contributed by atoms with Gasteiger partial charge in [-0.15, -0.1) is 11.3 Å². The number of halogens is 1. The minimum Gasteiger partial charge on any atom is -0.481 e. The molecular formula is C20H18ClN3O3S. The molecular weight excluding hydrogens is 398 g/mol. The molecule has 0 aliphatic carbocycles. The van der Waals surface area contributed by atoms with Crippen molar-refractivity contribution in [1.29, 1.82) is 0 Å². The van der Waals surface area contributed by atoms with Crippen LogP contribution in [0.1, 0.15) is 22.5 Å². The molecule has 6 nitrogen and oxygen atoms in total. The maximum Gasteiger partial charge on any atom is 0.305 e. The van der Waals surface area contributed by atoms with E-state index >= 15 is 0 Å². The molecule has 0 unspecified atom stereocenters. The third-order valence-electron chi connectivity index (χ3n) is 3.94. The average molecular weight is 416 g/mol. The number of nitrogens with one attached hydrogen (secondary N) is 1. The van der Waals surface area contributed by atoms with E-state index < -0.39 is 5.97 Å². The van der Waals surface area contributed by atoms with Gasteiger partial charge in [0.25, 0.3) is 5.91 Å². The molecule has 8 heteroatoms. The van der Waals surface area contributed by atoms with Crippen molar-refractivity contribution in [3.63, 3.8) is 0 Å². The summed E-state index contributed by atoms with van der Waals surface area (Å²) in [4.78, 5) is 29.7. The van der Waals surface area contributed by atoms with E-state index in [0.717, 1.165) is 5.56 Å². The van der Waals surface area contributed by atoms with Crippen molar-refractivity contribution in [1.82, 2.24) is 9.88 Å². The second-order valence-corrected chi connectivity index (χ2v) is 7.26. The summed E-state index contributed by atoms with van der Waals surface area (Å²) < 4.78 is 0. The Bertz CT molecular complexity index is 962. The van der Waals surface area contributed by atoms with Crippen molar-refractivity contribution in [2.24, 2.45) is 0 Å². The summed E-state index contributed by atoms with van der Waals surface area (Å²) in [6.07, 6.45) is -0.132. The first-order valence-electron chi connectivity index (χ1n) is 8.55. The van der Waals surface area contributed by atoms with Crippen LogP contribution in [0.3, 0.4) is 0 Å². The fourth-order valence-corrected chi connectivity index (χ4v) is 3.44. The van der Waals surface area contributed by atoms with Crippen LogP contribution < -0.4 is 5.32 Å². The first-order valence-corrected chi connectivity index (χ1v) is 9.81. The van der Waals surface area contributed by atoms with Crippen LogP contribution in [0, 0.1) is 0 Å². The highest BCUT2D eigenvalue weighted by Gasteiger charge is 2.20. The number of hydrogen-bond acceptors (Lipinski definition) is 5.